The van der Waals surface area contributed by atoms with E-state index in [2.05, 4.69) is 21.2 Å². The van der Waals surface area contributed by atoms with Gasteiger partial charge >= 0.3 is 11.9 Å². The maximum Gasteiger partial charge on any atom is 0.336 e. The predicted octanol–water partition coefficient (Wildman–Crippen LogP) is 3.64. The maximum absolute atomic E-state index is 13.7. The number of dihydropyridines is 1. The van der Waals surface area contributed by atoms with Gasteiger partial charge in [-0.2, -0.15) is 0 Å². The quantitative estimate of drug-likeness (QED) is 0.447. The molecule has 1 aromatic carbocycles. The van der Waals surface area contributed by atoms with E-state index in [1.165, 1.54) is 21.3 Å². The first-order valence-electron chi connectivity index (χ1n) is 10.6. The molecule has 0 saturated carbocycles. The highest BCUT2D eigenvalue weighted by Gasteiger charge is 2.47. The van der Waals surface area contributed by atoms with Crippen molar-refractivity contribution in [2.75, 3.05) is 27.9 Å². The number of ketones is 1. The molecule has 1 aliphatic heterocycles. The fourth-order valence-corrected chi connectivity index (χ4v) is 5.22. The molecule has 0 bridgehead atoms. The molecule has 3 atom stereocenters. The molecule has 1 aromatic rings. The molecule has 0 amide bonds. The topological polar surface area (TPSA) is 100 Å². The zero-order chi connectivity index (χ0) is 24.4. The summed E-state index contributed by atoms with van der Waals surface area (Å²) in [4.78, 5) is 39.3. The van der Waals surface area contributed by atoms with E-state index in [4.69, 9.17) is 18.9 Å². The molecule has 3 rings (SSSR count). The molecule has 0 radical (unpaired) electrons. The number of hydrogen-bond donors (Lipinski definition) is 1. The molecule has 1 N–H and O–H groups in total. The van der Waals surface area contributed by atoms with Crippen molar-refractivity contribution in [1.82, 2.24) is 5.32 Å². The van der Waals surface area contributed by atoms with Crippen LogP contribution in [0, 0.1) is 11.8 Å². The Morgan fingerprint density at radius 3 is 2.45 bits per heavy atom. The molecule has 33 heavy (non-hydrogen) atoms. The van der Waals surface area contributed by atoms with Crippen molar-refractivity contribution in [3.8, 4) is 11.5 Å². The number of Topliss-reactive ketones (excluding diaryl/α,β-unsaturated/α-hetero) is 1. The Labute approximate surface area is 201 Å². The van der Waals surface area contributed by atoms with Crippen molar-refractivity contribution in [3.63, 3.8) is 0 Å². The van der Waals surface area contributed by atoms with E-state index in [1.807, 2.05) is 6.92 Å². The van der Waals surface area contributed by atoms with Crippen LogP contribution in [0.1, 0.15) is 38.7 Å². The van der Waals surface area contributed by atoms with Gasteiger partial charge in [-0.05, 0) is 59.8 Å². The normalized spacial score (nSPS) is 22.4. The SMILES string of the molecule is CCOC(=O)C1=C(C)NC2=C(C(=O)[C@@H](C(=O)OC)[C@@H](C)C2)[C@H]1c1cc(Br)c(OC)c(OC)c1. The summed E-state index contributed by atoms with van der Waals surface area (Å²) in [5.41, 5.74) is 2.58. The Hall–Kier alpha value is -2.81. The molecule has 0 aromatic heterocycles. The molecule has 1 heterocycles. The third-order valence-electron chi connectivity index (χ3n) is 6.03. The Bertz CT molecular complexity index is 1060. The van der Waals surface area contributed by atoms with E-state index in [9.17, 15) is 14.4 Å². The van der Waals surface area contributed by atoms with Crippen molar-refractivity contribution < 1.29 is 33.3 Å². The van der Waals surface area contributed by atoms with Crippen LogP contribution >= 0.6 is 15.9 Å². The second-order valence-electron chi connectivity index (χ2n) is 7.99. The van der Waals surface area contributed by atoms with Gasteiger partial charge in [0.15, 0.2) is 17.3 Å². The Balaban J connectivity index is 2.27. The third-order valence-corrected chi connectivity index (χ3v) is 6.62. The number of rotatable bonds is 6. The second kappa shape index (κ2) is 9.99. The van der Waals surface area contributed by atoms with E-state index < -0.39 is 23.8 Å². The Kier molecular flexibility index (Phi) is 7.51. The number of halogens is 1. The van der Waals surface area contributed by atoms with Crippen LogP contribution in [0.25, 0.3) is 0 Å². The fraction of sp³-hybridized carbons (Fsp3) is 0.458. The Morgan fingerprint density at radius 2 is 1.88 bits per heavy atom. The maximum atomic E-state index is 13.7. The summed E-state index contributed by atoms with van der Waals surface area (Å²) >= 11 is 3.50. The molecule has 2 aliphatic rings. The van der Waals surface area contributed by atoms with Crippen LogP contribution in [0.15, 0.2) is 39.1 Å². The average Bonchev–Trinajstić information content (AvgIpc) is 2.77. The van der Waals surface area contributed by atoms with Gasteiger partial charge in [0, 0.05) is 22.9 Å². The van der Waals surface area contributed by atoms with Gasteiger partial charge in [0.1, 0.15) is 5.92 Å². The largest absolute Gasteiger partial charge is 0.493 e. The number of benzene rings is 1. The molecular weight excluding hydrogens is 494 g/mol. The van der Waals surface area contributed by atoms with Crippen LogP contribution in [0.5, 0.6) is 11.5 Å². The van der Waals surface area contributed by atoms with E-state index in [1.54, 1.807) is 26.0 Å². The number of ether oxygens (including phenoxy) is 4. The van der Waals surface area contributed by atoms with E-state index in [0.29, 0.717) is 50.5 Å². The molecular formula is C24H28BrNO7. The summed E-state index contributed by atoms with van der Waals surface area (Å²) in [5.74, 6) is -2.55. The van der Waals surface area contributed by atoms with Gasteiger partial charge in [0.05, 0.1) is 38.0 Å². The second-order valence-corrected chi connectivity index (χ2v) is 8.85. The minimum atomic E-state index is -0.955. The van der Waals surface area contributed by atoms with Crippen LogP contribution < -0.4 is 14.8 Å². The first-order chi connectivity index (χ1) is 15.7. The Morgan fingerprint density at radius 1 is 1.18 bits per heavy atom. The number of carbonyl (C=O) groups is 3. The zero-order valence-electron chi connectivity index (χ0n) is 19.5. The molecule has 178 valence electrons. The number of allylic oxidation sites excluding steroid dienone is 3. The summed E-state index contributed by atoms with van der Waals surface area (Å²) in [7, 11) is 4.30. The number of methoxy groups -OCH3 is 3. The molecule has 0 fully saturated rings. The standard InChI is InChI=1S/C24H28BrNO7/c1-7-33-24(29)18-12(3)26-15-8-11(2)17(23(28)32-6)21(27)20(15)19(18)13-9-14(25)22(31-5)16(10-13)30-4/h9-11,17,19,26H,7-8H2,1-6H3/t11-,17-,19-/m0/s1. The van der Waals surface area contributed by atoms with Crippen LogP contribution in [-0.4, -0.2) is 45.7 Å². The highest BCUT2D eigenvalue weighted by Crippen LogP contribution is 2.48. The minimum Gasteiger partial charge on any atom is -0.493 e. The molecule has 9 heteroatoms. The monoisotopic (exact) mass is 521 g/mol. The summed E-state index contributed by atoms with van der Waals surface area (Å²) in [6.45, 7) is 5.52. The number of carbonyl (C=O) groups excluding carboxylic acids is 3. The third kappa shape index (κ3) is 4.38. The first kappa shape index (κ1) is 24.8. The average molecular weight is 522 g/mol. The molecule has 0 saturated heterocycles. The van der Waals surface area contributed by atoms with Crippen LogP contribution in [-0.2, 0) is 23.9 Å². The van der Waals surface area contributed by atoms with Crippen LogP contribution in [0.2, 0.25) is 0 Å². The highest BCUT2D eigenvalue weighted by atomic mass is 79.9. The number of esters is 2. The van der Waals surface area contributed by atoms with Gasteiger partial charge in [0.25, 0.3) is 0 Å². The lowest BCUT2D eigenvalue weighted by molar-refractivity contribution is -0.151. The predicted molar refractivity (Wildman–Crippen MR) is 124 cm³/mol. The number of hydrogen-bond acceptors (Lipinski definition) is 8. The molecule has 1 aliphatic carbocycles. The lowest BCUT2D eigenvalue weighted by atomic mass is 9.69. The molecule has 0 unspecified atom stereocenters. The minimum absolute atomic E-state index is 0.180. The first-order valence-corrected chi connectivity index (χ1v) is 11.4. The van der Waals surface area contributed by atoms with Crippen molar-refractivity contribution in [1.29, 1.82) is 0 Å². The van der Waals surface area contributed by atoms with Gasteiger partial charge in [-0.25, -0.2) is 4.79 Å². The van der Waals surface area contributed by atoms with Crippen molar-refractivity contribution >= 4 is 33.7 Å². The van der Waals surface area contributed by atoms with Gasteiger partial charge in [-0.3, -0.25) is 9.59 Å². The van der Waals surface area contributed by atoms with Crippen molar-refractivity contribution in [2.45, 2.75) is 33.1 Å². The van der Waals surface area contributed by atoms with E-state index in [0.717, 1.165) is 0 Å². The molecule has 8 nitrogen and oxygen atoms in total. The number of nitrogens with one attached hydrogen (secondary N) is 1. The van der Waals surface area contributed by atoms with E-state index >= 15 is 0 Å². The van der Waals surface area contributed by atoms with Crippen molar-refractivity contribution in [3.05, 3.63) is 44.7 Å². The smallest absolute Gasteiger partial charge is 0.336 e. The van der Waals surface area contributed by atoms with Gasteiger partial charge in [-0.15, -0.1) is 0 Å². The lowest BCUT2D eigenvalue weighted by Gasteiger charge is -2.38. The van der Waals surface area contributed by atoms with Gasteiger partial charge in [-0.1, -0.05) is 6.92 Å². The zero-order valence-corrected chi connectivity index (χ0v) is 21.1. The highest BCUT2D eigenvalue weighted by molar-refractivity contribution is 9.10. The van der Waals surface area contributed by atoms with Crippen LogP contribution in [0.4, 0.5) is 0 Å². The summed E-state index contributed by atoms with van der Waals surface area (Å²) < 4.78 is 21.8. The van der Waals surface area contributed by atoms with Crippen LogP contribution in [0.3, 0.4) is 0 Å². The van der Waals surface area contributed by atoms with Gasteiger partial charge < -0.3 is 24.3 Å². The molecule has 0 spiro atoms. The summed E-state index contributed by atoms with van der Waals surface area (Å²) in [6, 6.07) is 3.52. The van der Waals surface area contributed by atoms with Crippen molar-refractivity contribution in [2.24, 2.45) is 11.8 Å². The fourth-order valence-electron chi connectivity index (χ4n) is 4.60. The lowest BCUT2D eigenvalue weighted by Crippen LogP contribution is -2.43. The summed E-state index contributed by atoms with van der Waals surface area (Å²) in [6.07, 6.45) is 0.458. The van der Waals surface area contributed by atoms with E-state index in [-0.39, 0.29) is 18.3 Å². The van der Waals surface area contributed by atoms with Gasteiger partial charge in [0.2, 0.25) is 0 Å². The summed E-state index contributed by atoms with van der Waals surface area (Å²) in [5, 5.41) is 3.23.